The van der Waals surface area contributed by atoms with Gasteiger partial charge in [-0.25, -0.2) is 18.2 Å². The van der Waals surface area contributed by atoms with Crippen LogP contribution >= 0.6 is 23.2 Å². The fourth-order valence-corrected chi connectivity index (χ4v) is 4.52. The van der Waals surface area contributed by atoms with Crippen LogP contribution < -0.4 is 14.5 Å². The van der Waals surface area contributed by atoms with Crippen molar-refractivity contribution in [3.05, 3.63) is 88.2 Å². The number of methoxy groups -OCH3 is 1. The highest BCUT2D eigenvalue weighted by molar-refractivity contribution is 7.92. The molecule has 0 fully saturated rings. The molecule has 0 aliphatic rings. The third-order valence-corrected chi connectivity index (χ3v) is 6.80. The van der Waals surface area contributed by atoms with Crippen LogP contribution in [0, 0.1) is 5.82 Å². The first-order valence-corrected chi connectivity index (χ1v) is 11.6. The van der Waals surface area contributed by atoms with Crippen LogP contribution in [0.25, 0.3) is 0 Å². The van der Waals surface area contributed by atoms with E-state index in [0.29, 0.717) is 10.8 Å². The molecule has 0 unspecified atom stereocenters. The SMILES string of the molecule is COc1ccc(S(=O)(=O)N(CC(=O)NN=Cc2c(F)cccc2Cl)c2ccc(Cl)cc2)cc1. The van der Waals surface area contributed by atoms with Gasteiger partial charge in [0.05, 0.1) is 28.9 Å². The van der Waals surface area contributed by atoms with Gasteiger partial charge in [0.2, 0.25) is 0 Å². The van der Waals surface area contributed by atoms with E-state index in [2.05, 4.69) is 10.5 Å². The molecule has 0 aliphatic heterocycles. The van der Waals surface area contributed by atoms with Crippen LogP contribution in [0.1, 0.15) is 5.56 Å². The molecule has 0 spiro atoms. The first-order chi connectivity index (χ1) is 15.7. The van der Waals surface area contributed by atoms with Crippen LogP contribution in [0.2, 0.25) is 10.0 Å². The number of hydrazone groups is 1. The van der Waals surface area contributed by atoms with Gasteiger partial charge in [0.25, 0.3) is 15.9 Å². The fraction of sp³-hybridized carbons (Fsp3) is 0.0909. The van der Waals surface area contributed by atoms with Crippen LogP contribution in [-0.4, -0.2) is 34.2 Å². The second kappa shape index (κ2) is 10.7. The largest absolute Gasteiger partial charge is 0.497 e. The number of nitrogens with one attached hydrogen (secondary N) is 1. The van der Waals surface area contributed by atoms with E-state index in [4.69, 9.17) is 27.9 Å². The number of carbonyl (C=O) groups excluding carboxylic acids is 1. The zero-order chi connectivity index (χ0) is 24.0. The summed E-state index contributed by atoms with van der Waals surface area (Å²) in [6, 6.07) is 15.8. The number of anilines is 1. The van der Waals surface area contributed by atoms with Crippen LogP contribution in [0.15, 0.2) is 76.7 Å². The molecule has 11 heteroatoms. The Balaban J connectivity index is 1.86. The normalized spacial score (nSPS) is 11.4. The lowest BCUT2D eigenvalue weighted by molar-refractivity contribution is -0.119. The lowest BCUT2D eigenvalue weighted by atomic mass is 10.2. The molecule has 1 N–H and O–H groups in total. The van der Waals surface area contributed by atoms with Crippen LogP contribution in [0.5, 0.6) is 5.75 Å². The summed E-state index contributed by atoms with van der Waals surface area (Å²) in [5.41, 5.74) is 2.39. The number of sulfonamides is 1. The van der Waals surface area contributed by atoms with Gasteiger partial charge in [0.15, 0.2) is 0 Å². The van der Waals surface area contributed by atoms with Crippen molar-refractivity contribution in [1.82, 2.24) is 5.43 Å². The number of nitrogens with zero attached hydrogens (tertiary/aromatic N) is 2. The van der Waals surface area contributed by atoms with Crippen molar-refractivity contribution in [3.8, 4) is 5.75 Å². The average Bonchev–Trinajstić information content (AvgIpc) is 2.80. The number of hydrogen-bond acceptors (Lipinski definition) is 5. The van der Waals surface area contributed by atoms with Gasteiger partial charge >= 0.3 is 0 Å². The van der Waals surface area contributed by atoms with Gasteiger partial charge in [-0.1, -0.05) is 29.3 Å². The number of benzene rings is 3. The molecule has 0 bridgehead atoms. The molecular formula is C22H18Cl2FN3O4S. The zero-order valence-electron chi connectivity index (χ0n) is 17.2. The van der Waals surface area contributed by atoms with Crippen LogP contribution in [-0.2, 0) is 14.8 Å². The smallest absolute Gasteiger partial charge is 0.264 e. The van der Waals surface area contributed by atoms with Crippen molar-refractivity contribution >= 4 is 51.0 Å². The molecule has 0 saturated carbocycles. The van der Waals surface area contributed by atoms with E-state index in [1.807, 2.05) is 0 Å². The third kappa shape index (κ3) is 6.01. The minimum atomic E-state index is -4.14. The van der Waals surface area contributed by atoms with Crippen LogP contribution in [0.4, 0.5) is 10.1 Å². The standard InChI is InChI=1S/C22H18Cl2FN3O4S/c1-32-17-9-11-18(12-10-17)33(30,31)28(16-7-5-15(23)6-8-16)14-22(29)27-26-13-19-20(24)3-2-4-21(19)25/h2-13H,14H2,1H3,(H,27,29). The minimum Gasteiger partial charge on any atom is -0.497 e. The summed E-state index contributed by atoms with van der Waals surface area (Å²) < 4.78 is 46.4. The van der Waals surface area contributed by atoms with Gasteiger partial charge in [-0.3, -0.25) is 9.10 Å². The number of ether oxygens (including phenoxy) is 1. The quantitative estimate of drug-likeness (QED) is 0.358. The molecule has 7 nitrogen and oxygen atoms in total. The topological polar surface area (TPSA) is 88.1 Å². The summed E-state index contributed by atoms with van der Waals surface area (Å²) in [4.78, 5) is 12.5. The number of carbonyl (C=O) groups is 1. The molecule has 3 rings (SSSR count). The van der Waals surface area contributed by atoms with E-state index in [9.17, 15) is 17.6 Å². The van der Waals surface area contributed by atoms with E-state index in [1.54, 1.807) is 0 Å². The predicted molar refractivity (Wildman–Crippen MR) is 126 cm³/mol. The van der Waals surface area contributed by atoms with Gasteiger partial charge in [0.1, 0.15) is 18.1 Å². The van der Waals surface area contributed by atoms with Gasteiger partial charge < -0.3 is 4.74 Å². The molecule has 0 saturated heterocycles. The van der Waals surface area contributed by atoms with Crippen LogP contribution in [0.3, 0.4) is 0 Å². The van der Waals surface area contributed by atoms with Gasteiger partial charge in [-0.2, -0.15) is 5.10 Å². The molecule has 0 aliphatic carbocycles. The Hall–Kier alpha value is -3.14. The number of rotatable bonds is 8. The second-order valence-electron chi connectivity index (χ2n) is 6.59. The Morgan fingerprint density at radius 1 is 1.09 bits per heavy atom. The predicted octanol–water partition coefficient (Wildman–Crippen LogP) is 4.49. The Bertz CT molecular complexity index is 1250. The molecule has 0 atom stereocenters. The summed E-state index contributed by atoms with van der Waals surface area (Å²) in [7, 11) is -2.68. The molecular weight excluding hydrogens is 492 g/mol. The van der Waals surface area contributed by atoms with Crippen molar-refractivity contribution < 1.29 is 22.3 Å². The Morgan fingerprint density at radius 3 is 2.36 bits per heavy atom. The maximum atomic E-state index is 13.8. The Morgan fingerprint density at radius 2 is 1.76 bits per heavy atom. The molecule has 1 amide bonds. The molecule has 0 radical (unpaired) electrons. The maximum absolute atomic E-state index is 13.8. The monoisotopic (exact) mass is 509 g/mol. The van der Waals surface area contributed by atoms with Gasteiger partial charge in [-0.15, -0.1) is 0 Å². The third-order valence-electron chi connectivity index (χ3n) is 4.43. The fourth-order valence-electron chi connectivity index (χ4n) is 2.77. The highest BCUT2D eigenvalue weighted by Crippen LogP contribution is 2.26. The molecule has 3 aromatic carbocycles. The zero-order valence-corrected chi connectivity index (χ0v) is 19.5. The maximum Gasteiger partial charge on any atom is 0.264 e. The van der Waals surface area contributed by atoms with Crippen molar-refractivity contribution in [2.24, 2.45) is 5.10 Å². The summed E-state index contributed by atoms with van der Waals surface area (Å²) in [5.74, 6) is -0.901. The first-order valence-electron chi connectivity index (χ1n) is 9.40. The molecule has 172 valence electrons. The number of halogens is 3. The molecule has 33 heavy (non-hydrogen) atoms. The summed E-state index contributed by atoms with van der Waals surface area (Å²) in [6.07, 6.45) is 1.04. The lowest BCUT2D eigenvalue weighted by Gasteiger charge is -2.23. The minimum absolute atomic E-state index is 0.0140. The van der Waals surface area contributed by atoms with Crippen molar-refractivity contribution in [3.63, 3.8) is 0 Å². The summed E-state index contributed by atoms with van der Waals surface area (Å²) >= 11 is 11.8. The first kappa shape index (κ1) is 24.5. The molecule has 0 aromatic heterocycles. The van der Waals surface area contributed by atoms with Crippen molar-refractivity contribution in [1.29, 1.82) is 0 Å². The van der Waals surface area contributed by atoms with Crippen molar-refractivity contribution in [2.75, 3.05) is 18.0 Å². The highest BCUT2D eigenvalue weighted by atomic mass is 35.5. The van der Waals surface area contributed by atoms with Gasteiger partial charge in [0, 0.05) is 10.6 Å². The van der Waals surface area contributed by atoms with E-state index < -0.39 is 28.3 Å². The summed E-state index contributed by atoms with van der Waals surface area (Å²) in [6.45, 7) is -0.599. The highest BCUT2D eigenvalue weighted by Gasteiger charge is 2.27. The Kier molecular flexibility index (Phi) is 7.91. The molecule has 0 heterocycles. The number of hydrogen-bond donors (Lipinski definition) is 1. The van der Waals surface area contributed by atoms with E-state index >= 15 is 0 Å². The molecule has 3 aromatic rings. The van der Waals surface area contributed by atoms with E-state index in [-0.39, 0.29) is 21.2 Å². The second-order valence-corrected chi connectivity index (χ2v) is 9.30. The van der Waals surface area contributed by atoms with Crippen molar-refractivity contribution in [2.45, 2.75) is 4.90 Å². The van der Waals surface area contributed by atoms with Gasteiger partial charge in [-0.05, 0) is 60.7 Å². The van der Waals surface area contributed by atoms with E-state index in [0.717, 1.165) is 10.5 Å². The Labute approximate surface area is 200 Å². The average molecular weight is 510 g/mol. The van der Waals surface area contributed by atoms with E-state index in [1.165, 1.54) is 73.8 Å². The summed E-state index contributed by atoms with van der Waals surface area (Å²) in [5, 5.41) is 4.20. The number of amides is 1. The lowest BCUT2D eigenvalue weighted by Crippen LogP contribution is -2.39.